The molecule has 1 fully saturated rings. The fraction of sp³-hybridized carbons (Fsp3) is 0.786. The molecule has 2 rings (SSSR count). The summed E-state index contributed by atoms with van der Waals surface area (Å²) in [6, 6.07) is 0. The summed E-state index contributed by atoms with van der Waals surface area (Å²) in [4.78, 5) is 6.87. The zero-order valence-corrected chi connectivity index (χ0v) is 11.7. The van der Waals surface area contributed by atoms with E-state index in [1.54, 1.807) is 0 Å². The number of nitrogens with zero attached hydrogens (tertiary/aromatic N) is 3. The smallest absolute Gasteiger partial charge is 0.0948 e. The van der Waals surface area contributed by atoms with Gasteiger partial charge in [0.25, 0.3) is 0 Å². The van der Waals surface area contributed by atoms with Crippen molar-refractivity contribution >= 4 is 0 Å². The van der Waals surface area contributed by atoms with Crippen molar-refractivity contribution in [1.82, 2.24) is 19.8 Å². The fourth-order valence-corrected chi connectivity index (χ4v) is 2.75. The van der Waals surface area contributed by atoms with Crippen LogP contribution in [0.2, 0.25) is 0 Å². The van der Waals surface area contributed by atoms with Crippen LogP contribution < -0.4 is 5.32 Å². The van der Waals surface area contributed by atoms with Crippen molar-refractivity contribution in [3.05, 3.63) is 18.2 Å². The average molecular weight is 250 g/mol. The third-order valence-corrected chi connectivity index (χ3v) is 4.02. The maximum absolute atomic E-state index is 4.33. The Balaban J connectivity index is 1.90. The summed E-state index contributed by atoms with van der Waals surface area (Å²) < 4.78 is 2.35. The number of nitrogens with one attached hydrogen (secondary N) is 1. The van der Waals surface area contributed by atoms with Gasteiger partial charge in [0.2, 0.25) is 0 Å². The molecule has 1 aromatic rings. The Hall–Kier alpha value is -0.870. The average Bonchev–Trinajstić information content (AvgIpc) is 2.88. The van der Waals surface area contributed by atoms with Gasteiger partial charge >= 0.3 is 0 Å². The topological polar surface area (TPSA) is 33.1 Å². The molecule has 4 heteroatoms. The Morgan fingerprint density at radius 1 is 1.22 bits per heavy atom. The number of piperazine rings is 1. The highest BCUT2D eigenvalue weighted by Crippen LogP contribution is 2.22. The first-order valence-corrected chi connectivity index (χ1v) is 7.28. The van der Waals surface area contributed by atoms with Crippen LogP contribution in [0.25, 0.3) is 0 Å². The van der Waals surface area contributed by atoms with Crippen LogP contribution in [-0.4, -0.2) is 47.2 Å². The number of hydrogen-bond acceptors (Lipinski definition) is 3. The summed E-state index contributed by atoms with van der Waals surface area (Å²) in [6.07, 6.45) is 6.46. The Bertz CT molecular complexity index is 337. The summed E-state index contributed by atoms with van der Waals surface area (Å²) >= 11 is 0. The Morgan fingerprint density at radius 2 is 1.94 bits per heavy atom. The molecule has 102 valence electrons. The predicted octanol–water partition coefficient (Wildman–Crippen LogP) is 1.69. The molecule has 1 aliphatic rings. The zero-order chi connectivity index (χ0) is 12.8. The molecule has 4 nitrogen and oxygen atoms in total. The quantitative estimate of drug-likeness (QED) is 0.834. The lowest BCUT2D eigenvalue weighted by molar-refractivity contribution is 0.231. The molecule has 0 spiro atoms. The summed E-state index contributed by atoms with van der Waals surface area (Å²) in [5.74, 6) is 0.663. The first kappa shape index (κ1) is 13.6. The highest BCUT2D eigenvalue weighted by atomic mass is 15.2. The molecular weight excluding hydrogens is 224 g/mol. The van der Waals surface area contributed by atoms with Crippen LogP contribution in [0.3, 0.4) is 0 Å². The standard InChI is InChI=1S/C14H26N4/c1-3-13(4-2)14-11-16-12-18(14)10-9-17-7-5-15-6-8-17/h11-13,15H,3-10H2,1-2H3. The van der Waals surface area contributed by atoms with Crippen molar-refractivity contribution in [3.63, 3.8) is 0 Å². The van der Waals surface area contributed by atoms with Crippen LogP contribution in [-0.2, 0) is 6.54 Å². The van der Waals surface area contributed by atoms with E-state index in [-0.39, 0.29) is 0 Å². The van der Waals surface area contributed by atoms with Gasteiger partial charge in [0.1, 0.15) is 0 Å². The van der Waals surface area contributed by atoms with Crippen molar-refractivity contribution in [3.8, 4) is 0 Å². The molecule has 1 aliphatic heterocycles. The van der Waals surface area contributed by atoms with Gasteiger partial charge in [0.15, 0.2) is 0 Å². The van der Waals surface area contributed by atoms with Gasteiger partial charge < -0.3 is 9.88 Å². The van der Waals surface area contributed by atoms with E-state index in [1.165, 1.54) is 31.6 Å². The van der Waals surface area contributed by atoms with Crippen molar-refractivity contribution < 1.29 is 0 Å². The van der Waals surface area contributed by atoms with Gasteiger partial charge in [-0.2, -0.15) is 0 Å². The Kier molecular flexibility index (Phi) is 5.20. The van der Waals surface area contributed by atoms with Crippen molar-refractivity contribution in [2.24, 2.45) is 0 Å². The second-order valence-corrected chi connectivity index (χ2v) is 5.12. The first-order chi connectivity index (χ1) is 8.85. The van der Waals surface area contributed by atoms with E-state index >= 15 is 0 Å². The molecule has 0 atom stereocenters. The van der Waals surface area contributed by atoms with Gasteiger partial charge in [-0.25, -0.2) is 4.98 Å². The summed E-state index contributed by atoms with van der Waals surface area (Å²) in [7, 11) is 0. The largest absolute Gasteiger partial charge is 0.333 e. The van der Waals surface area contributed by atoms with Crippen molar-refractivity contribution in [1.29, 1.82) is 0 Å². The Labute approximate surface area is 110 Å². The van der Waals surface area contributed by atoms with Crippen molar-refractivity contribution in [2.45, 2.75) is 39.2 Å². The number of hydrogen-bond donors (Lipinski definition) is 1. The van der Waals surface area contributed by atoms with Gasteiger partial charge in [-0.3, -0.25) is 4.90 Å². The van der Waals surface area contributed by atoms with Crippen LogP contribution in [0.1, 0.15) is 38.3 Å². The van der Waals surface area contributed by atoms with Gasteiger partial charge in [0.05, 0.1) is 6.33 Å². The van der Waals surface area contributed by atoms with Crippen LogP contribution >= 0.6 is 0 Å². The second-order valence-electron chi connectivity index (χ2n) is 5.12. The molecule has 0 aliphatic carbocycles. The van der Waals surface area contributed by atoms with E-state index < -0.39 is 0 Å². The molecule has 1 saturated heterocycles. The maximum atomic E-state index is 4.33. The molecule has 0 saturated carbocycles. The fourth-order valence-electron chi connectivity index (χ4n) is 2.75. The van der Waals surface area contributed by atoms with Gasteiger partial charge in [-0.15, -0.1) is 0 Å². The van der Waals surface area contributed by atoms with Crippen LogP contribution in [0.5, 0.6) is 0 Å². The monoisotopic (exact) mass is 250 g/mol. The number of aromatic nitrogens is 2. The van der Waals surface area contributed by atoms with Crippen molar-refractivity contribution in [2.75, 3.05) is 32.7 Å². The molecule has 0 radical (unpaired) electrons. The highest BCUT2D eigenvalue weighted by molar-refractivity contribution is 5.05. The molecule has 0 unspecified atom stereocenters. The second kappa shape index (κ2) is 6.90. The minimum atomic E-state index is 0.663. The summed E-state index contributed by atoms with van der Waals surface area (Å²) in [6.45, 7) is 11.4. The zero-order valence-electron chi connectivity index (χ0n) is 11.7. The molecule has 0 aromatic carbocycles. The predicted molar refractivity (Wildman–Crippen MR) is 74.9 cm³/mol. The summed E-state index contributed by atoms with van der Waals surface area (Å²) in [5, 5.41) is 3.39. The van der Waals surface area contributed by atoms with Gasteiger partial charge in [0, 0.05) is 57.1 Å². The SMILES string of the molecule is CCC(CC)c1cncn1CCN1CCNCC1. The summed E-state index contributed by atoms with van der Waals surface area (Å²) in [5.41, 5.74) is 1.41. The molecule has 1 aromatic heterocycles. The van der Waals surface area contributed by atoms with Crippen LogP contribution in [0.4, 0.5) is 0 Å². The molecule has 1 N–H and O–H groups in total. The molecule has 0 bridgehead atoms. The van der Waals surface area contributed by atoms with E-state index in [2.05, 4.69) is 39.8 Å². The minimum absolute atomic E-state index is 0.663. The number of rotatable bonds is 6. The van der Waals surface area contributed by atoms with Gasteiger partial charge in [-0.1, -0.05) is 13.8 Å². The lowest BCUT2D eigenvalue weighted by atomic mass is 10.00. The third-order valence-electron chi connectivity index (χ3n) is 4.02. The lowest BCUT2D eigenvalue weighted by Crippen LogP contribution is -2.44. The first-order valence-electron chi connectivity index (χ1n) is 7.28. The minimum Gasteiger partial charge on any atom is -0.333 e. The Morgan fingerprint density at radius 3 is 2.61 bits per heavy atom. The van der Waals surface area contributed by atoms with E-state index in [4.69, 9.17) is 0 Å². The van der Waals surface area contributed by atoms with E-state index in [1.807, 2.05) is 6.33 Å². The van der Waals surface area contributed by atoms with Crippen LogP contribution in [0, 0.1) is 0 Å². The number of imidazole rings is 1. The van der Waals surface area contributed by atoms with Gasteiger partial charge in [-0.05, 0) is 12.8 Å². The van der Waals surface area contributed by atoms with Crippen LogP contribution in [0.15, 0.2) is 12.5 Å². The highest BCUT2D eigenvalue weighted by Gasteiger charge is 2.14. The molecular formula is C14H26N4. The molecule has 18 heavy (non-hydrogen) atoms. The molecule has 0 amide bonds. The maximum Gasteiger partial charge on any atom is 0.0948 e. The molecule has 2 heterocycles. The third kappa shape index (κ3) is 3.33. The van der Waals surface area contributed by atoms with E-state index in [0.717, 1.165) is 26.2 Å². The lowest BCUT2D eigenvalue weighted by Gasteiger charge is -2.27. The van der Waals surface area contributed by atoms with E-state index in [9.17, 15) is 0 Å². The van der Waals surface area contributed by atoms with E-state index in [0.29, 0.717) is 5.92 Å². The normalized spacial score (nSPS) is 17.5.